The van der Waals surface area contributed by atoms with E-state index in [1.165, 1.54) is 49.8 Å². The number of amides is 1. The standard InChI is InChI=1S/C22H30N2O2/c25-22(23-16-9-10-16)15-8-11-19-18(13-15)21-17(7-4-12-26-21)20(24-19)14-5-2-1-3-6-14/h8,11,13-14,16-17,20-21,24H,1-7,9-10,12H2,(H,23,25). The topological polar surface area (TPSA) is 50.4 Å². The molecular weight excluding hydrogens is 324 g/mol. The van der Waals surface area contributed by atoms with E-state index in [-0.39, 0.29) is 12.0 Å². The lowest BCUT2D eigenvalue weighted by atomic mass is 9.71. The zero-order chi connectivity index (χ0) is 17.5. The average molecular weight is 354 g/mol. The Kier molecular flexibility index (Phi) is 4.39. The van der Waals surface area contributed by atoms with Crippen LogP contribution >= 0.6 is 0 Å². The maximum absolute atomic E-state index is 12.5. The maximum atomic E-state index is 12.5. The van der Waals surface area contributed by atoms with E-state index in [0.29, 0.717) is 18.0 Å². The Morgan fingerprint density at radius 1 is 1.04 bits per heavy atom. The molecule has 1 saturated heterocycles. The first kappa shape index (κ1) is 16.6. The molecule has 1 amide bonds. The normalized spacial score (nSPS) is 31.5. The summed E-state index contributed by atoms with van der Waals surface area (Å²) < 4.78 is 6.29. The Bertz CT molecular complexity index is 679. The molecule has 2 aliphatic heterocycles. The lowest BCUT2D eigenvalue weighted by molar-refractivity contribution is -0.0458. The number of anilines is 1. The summed E-state index contributed by atoms with van der Waals surface area (Å²) in [7, 11) is 0. The van der Waals surface area contributed by atoms with Crippen LogP contribution in [0.1, 0.15) is 79.8 Å². The first-order chi connectivity index (χ1) is 12.8. The van der Waals surface area contributed by atoms with Gasteiger partial charge in [0.2, 0.25) is 0 Å². The van der Waals surface area contributed by atoms with E-state index in [0.717, 1.165) is 37.4 Å². The van der Waals surface area contributed by atoms with Crippen LogP contribution in [0.4, 0.5) is 5.69 Å². The van der Waals surface area contributed by atoms with E-state index in [1.807, 2.05) is 6.07 Å². The van der Waals surface area contributed by atoms with Crippen LogP contribution in [-0.4, -0.2) is 24.6 Å². The van der Waals surface area contributed by atoms with Crippen LogP contribution in [0.2, 0.25) is 0 Å². The minimum Gasteiger partial charge on any atom is -0.381 e. The van der Waals surface area contributed by atoms with Gasteiger partial charge in [0.05, 0.1) is 6.10 Å². The van der Waals surface area contributed by atoms with Crippen LogP contribution in [0, 0.1) is 11.8 Å². The fraction of sp³-hybridized carbons (Fsp3) is 0.682. The van der Waals surface area contributed by atoms with E-state index >= 15 is 0 Å². The van der Waals surface area contributed by atoms with Crippen molar-refractivity contribution in [3.05, 3.63) is 29.3 Å². The van der Waals surface area contributed by atoms with Crippen molar-refractivity contribution in [3.63, 3.8) is 0 Å². The first-order valence-electron chi connectivity index (χ1n) is 10.6. The predicted octanol–water partition coefficient (Wildman–Crippen LogP) is 4.42. The summed E-state index contributed by atoms with van der Waals surface area (Å²) in [6.45, 7) is 0.844. The zero-order valence-corrected chi connectivity index (χ0v) is 15.5. The van der Waals surface area contributed by atoms with Gasteiger partial charge in [-0.1, -0.05) is 19.3 Å². The largest absolute Gasteiger partial charge is 0.381 e. The molecular formula is C22H30N2O2. The van der Waals surface area contributed by atoms with Gasteiger partial charge in [0.25, 0.3) is 5.91 Å². The number of ether oxygens (including phenoxy) is 1. The Morgan fingerprint density at radius 2 is 1.88 bits per heavy atom. The van der Waals surface area contributed by atoms with Crippen molar-refractivity contribution in [2.75, 3.05) is 11.9 Å². The summed E-state index contributed by atoms with van der Waals surface area (Å²) in [5, 5.41) is 6.98. The maximum Gasteiger partial charge on any atom is 0.251 e. The van der Waals surface area contributed by atoms with Gasteiger partial charge in [-0.2, -0.15) is 0 Å². The SMILES string of the molecule is O=C(NC1CC1)c1ccc2c(c1)C1OCCCC1C(C1CCCCC1)N2. The molecule has 2 N–H and O–H groups in total. The molecule has 3 atom stereocenters. The summed E-state index contributed by atoms with van der Waals surface area (Å²) >= 11 is 0. The Morgan fingerprint density at radius 3 is 2.69 bits per heavy atom. The summed E-state index contributed by atoms with van der Waals surface area (Å²) in [6, 6.07) is 7.09. The van der Waals surface area contributed by atoms with Gasteiger partial charge in [0.15, 0.2) is 0 Å². The number of rotatable bonds is 3. The van der Waals surface area contributed by atoms with Gasteiger partial charge in [-0.25, -0.2) is 0 Å². The molecule has 4 heteroatoms. The van der Waals surface area contributed by atoms with E-state index < -0.39 is 0 Å². The highest BCUT2D eigenvalue weighted by Gasteiger charge is 2.42. The molecule has 26 heavy (non-hydrogen) atoms. The van der Waals surface area contributed by atoms with Crippen molar-refractivity contribution in [1.29, 1.82) is 0 Å². The van der Waals surface area contributed by atoms with Gasteiger partial charge < -0.3 is 15.4 Å². The molecule has 0 radical (unpaired) electrons. The van der Waals surface area contributed by atoms with Crippen LogP contribution in [0.3, 0.4) is 0 Å². The number of hydrogen-bond donors (Lipinski definition) is 2. The van der Waals surface area contributed by atoms with Crippen molar-refractivity contribution in [1.82, 2.24) is 5.32 Å². The molecule has 0 bridgehead atoms. The van der Waals surface area contributed by atoms with Crippen LogP contribution in [0.15, 0.2) is 18.2 Å². The Hall–Kier alpha value is -1.55. The number of benzene rings is 1. The van der Waals surface area contributed by atoms with Gasteiger partial charge in [0.1, 0.15) is 0 Å². The lowest BCUT2D eigenvalue weighted by Gasteiger charge is -2.47. The van der Waals surface area contributed by atoms with Crippen LogP contribution < -0.4 is 10.6 Å². The second kappa shape index (κ2) is 6.88. The van der Waals surface area contributed by atoms with Crippen molar-refractivity contribution in [2.45, 2.75) is 76.0 Å². The molecule has 2 aliphatic carbocycles. The number of fused-ring (bicyclic) bond motifs is 3. The molecule has 2 saturated carbocycles. The Balaban J connectivity index is 1.43. The fourth-order valence-corrected chi connectivity index (χ4v) is 5.31. The highest BCUT2D eigenvalue weighted by molar-refractivity contribution is 5.95. The summed E-state index contributed by atoms with van der Waals surface area (Å²) in [4.78, 5) is 12.5. The van der Waals surface area contributed by atoms with Crippen molar-refractivity contribution in [2.24, 2.45) is 11.8 Å². The molecule has 3 unspecified atom stereocenters. The molecule has 140 valence electrons. The molecule has 2 heterocycles. The van der Waals surface area contributed by atoms with Gasteiger partial charge >= 0.3 is 0 Å². The monoisotopic (exact) mass is 354 g/mol. The third kappa shape index (κ3) is 3.13. The highest BCUT2D eigenvalue weighted by Crippen LogP contribution is 2.47. The van der Waals surface area contributed by atoms with Gasteiger partial charge in [-0.15, -0.1) is 0 Å². The van der Waals surface area contributed by atoms with Crippen LogP contribution in [0.5, 0.6) is 0 Å². The quantitative estimate of drug-likeness (QED) is 0.845. The van der Waals surface area contributed by atoms with Crippen molar-refractivity contribution < 1.29 is 9.53 Å². The third-order valence-corrected chi connectivity index (χ3v) is 6.84. The molecule has 0 aromatic heterocycles. The van der Waals surface area contributed by atoms with E-state index in [4.69, 9.17) is 4.74 Å². The molecule has 3 fully saturated rings. The van der Waals surface area contributed by atoms with Crippen molar-refractivity contribution in [3.8, 4) is 0 Å². The van der Waals surface area contributed by atoms with Crippen LogP contribution in [0.25, 0.3) is 0 Å². The molecule has 0 spiro atoms. The minimum atomic E-state index is 0.0667. The van der Waals surface area contributed by atoms with Gasteiger partial charge in [-0.3, -0.25) is 4.79 Å². The van der Waals surface area contributed by atoms with Gasteiger partial charge in [-0.05, 0) is 62.6 Å². The van der Waals surface area contributed by atoms with Crippen LogP contribution in [-0.2, 0) is 4.74 Å². The number of nitrogens with one attached hydrogen (secondary N) is 2. The Labute approximate surface area is 156 Å². The molecule has 1 aromatic carbocycles. The van der Waals surface area contributed by atoms with Crippen molar-refractivity contribution >= 4 is 11.6 Å². The second-order valence-corrected chi connectivity index (χ2v) is 8.72. The molecule has 4 nitrogen and oxygen atoms in total. The number of carbonyl (C=O) groups excluding carboxylic acids is 1. The first-order valence-corrected chi connectivity index (χ1v) is 10.6. The third-order valence-electron chi connectivity index (χ3n) is 6.84. The second-order valence-electron chi connectivity index (χ2n) is 8.72. The summed E-state index contributed by atoms with van der Waals surface area (Å²) in [6.07, 6.45) is 11.6. The fourth-order valence-electron chi connectivity index (χ4n) is 5.31. The average Bonchev–Trinajstić information content (AvgIpc) is 3.51. The minimum absolute atomic E-state index is 0.0667. The van der Waals surface area contributed by atoms with E-state index in [2.05, 4.69) is 22.8 Å². The molecule has 4 aliphatic rings. The number of carbonyl (C=O) groups is 1. The molecule has 1 aromatic rings. The van der Waals surface area contributed by atoms with E-state index in [1.54, 1.807) is 0 Å². The lowest BCUT2D eigenvalue weighted by Crippen LogP contribution is -2.46. The summed E-state index contributed by atoms with van der Waals surface area (Å²) in [5.41, 5.74) is 3.17. The highest BCUT2D eigenvalue weighted by atomic mass is 16.5. The van der Waals surface area contributed by atoms with Gasteiger partial charge in [0, 0.05) is 41.4 Å². The summed E-state index contributed by atoms with van der Waals surface area (Å²) in [5.74, 6) is 1.38. The predicted molar refractivity (Wildman–Crippen MR) is 102 cm³/mol. The van der Waals surface area contributed by atoms with E-state index in [9.17, 15) is 4.79 Å². The number of hydrogen-bond acceptors (Lipinski definition) is 3. The molecule has 5 rings (SSSR count). The smallest absolute Gasteiger partial charge is 0.251 e. The zero-order valence-electron chi connectivity index (χ0n) is 15.5.